The topological polar surface area (TPSA) is 62.2 Å². The van der Waals surface area contributed by atoms with E-state index in [0.29, 0.717) is 12.6 Å². The molecule has 1 aromatic heterocycles. The fraction of sp³-hybridized carbons (Fsp3) is 0.714. The van der Waals surface area contributed by atoms with Gasteiger partial charge in [0.2, 0.25) is 5.91 Å². The zero-order valence-corrected chi connectivity index (χ0v) is 12.9. The molecule has 6 nitrogen and oxygen atoms in total. The molecule has 1 saturated carbocycles. The highest BCUT2D eigenvalue weighted by molar-refractivity contribution is 5.81. The van der Waals surface area contributed by atoms with Gasteiger partial charge in [0.15, 0.2) is 0 Å². The number of nitrogens with one attached hydrogen (secondary N) is 2. The largest absolute Gasteiger partial charge is 0.358 e. The maximum atomic E-state index is 11.7. The molecule has 0 radical (unpaired) electrons. The van der Waals surface area contributed by atoms with Crippen molar-refractivity contribution in [1.29, 1.82) is 0 Å². The molecule has 0 saturated heterocycles. The van der Waals surface area contributed by atoms with Crippen LogP contribution in [0.2, 0.25) is 0 Å². The van der Waals surface area contributed by atoms with E-state index >= 15 is 0 Å². The van der Waals surface area contributed by atoms with E-state index in [4.69, 9.17) is 0 Å². The van der Waals surface area contributed by atoms with Crippen molar-refractivity contribution in [2.24, 2.45) is 7.05 Å². The molecule has 0 unspecified atom stereocenters. The molecular weight excluding hydrogens is 254 g/mol. The molecule has 1 aromatic rings. The molecule has 0 aliphatic heterocycles. The van der Waals surface area contributed by atoms with Crippen LogP contribution < -0.4 is 15.5 Å². The number of anilines is 1. The zero-order valence-electron chi connectivity index (χ0n) is 12.9. The van der Waals surface area contributed by atoms with E-state index in [1.165, 1.54) is 18.4 Å². The number of amides is 1. The van der Waals surface area contributed by atoms with Gasteiger partial charge in [0, 0.05) is 38.8 Å². The molecule has 1 amide bonds. The second kappa shape index (κ2) is 6.26. The predicted octanol–water partition coefficient (Wildman–Crippen LogP) is 0.553. The Morgan fingerprint density at radius 1 is 1.50 bits per heavy atom. The summed E-state index contributed by atoms with van der Waals surface area (Å²) in [4.78, 5) is 13.7. The summed E-state index contributed by atoms with van der Waals surface area (Å²) in [7, 11) is 3.61. The summed E-state index contributed by atoms with van der Waals surface area (Å²) in [5.41, 5.74) is 2.23. The van der Waals surface area contributed by atoms with Crippen LogP contribution in [0.4, 0.5) is 5.82 Å². The molecule has 0 spiro atoms. The van der Waals surface area contributed by atoms with Gasteiger partial charge in [-0.05, 0) is 26.7 Å². The fourth-order valence-electron chi connectivity index (χ4n) is 2.42. The lowest BCUT2D eigenvalue weighted by atomic mass is 10.2. The number of carbonyl (C=O) groups is 1. The van der Waals surface area contributed by atoms with Gasteiger partial charge in [-0.15, -0.1) is 0 Å². The van der Waals surface area contributed by atoms with Crippen molar-refractivity contribution in [3.63, 3.8) is 0 Å². The van der Waals surface area contributed by atoms with Crippen LogP contribution >= 0.6 is 0 Å². The van der Waals surface area contributed by atoms with Crippen LogP contribution in [0.5, 0.6) is 0 Å². The minimum Gasteiger partial charge on any atom is -0.358 e. The summed E-state index contributed by atoms with van der Waals surface area (Å²) in [6.45, 7) is 6.06. The molecule has 2 rings (SSSR count). The molecule has 0 atom stereocenters. The second-order valence-corrected chi connectivity index (χ2v) is 5.35. The molecule has 0 bridgehead atoms. The summed E-state index contributed by atoms with van der Waals surface area (Å²) in [6.07, 6.45) is 2.54. The molecule has 1 aliphatic carbocycles. The van der Waals surface area contributed by atoms with Crippen molar-refractivity contribution in [2.45, 2.75) is 39.3 Å². The number of likely N-dealkylation sites (N-methyl/N-ethyl adjacent to an activating group) is 2. The standard InChI is InChI=1S/C14H25N5O/c1-5-19(9-13(20)15-3)14-12(8-16-11-6-7-11)10(2)17-18(14)4/h11,16H,5-9H2,1-4H3,(H,15,20). The van der Waals surface area contributed by atoms with Crippen molar-refractivity contribution in [3.8, 4) is 0 Å². The number of hydrogen-bond donors (Lipinski definition) is 2. The first kappa shape index (κ1) is 14.8. The number of rotatable bonds is 7. The SMILES string of the molecule is CCN(CC(=O)NC)c1c(CNC2CC2)c(C)nn1C. The van der Waals surface area contributed by atoms with E-state index in [2.05, 4.69) is 27.6 Å². The molecule has 20 heavy (non-hydrogen) atoms. The Morgan fingerprint density at radius 3 is 2.75 bits per heavy atom. The summed E-state index contributed by atoms with van der Waals surface area (Å²) in [6, 6.07) is 0.663. The average molecular weight is 279 g/mol. The lowest BCUT2D eigenvalue weighted by Gasteiger charge is -2.23. The minimum atomic E-state index is 0.0202. The third kappa shape index (κ3) is 3.30. The van der Waals surface area contributed by atoms with Gasteiger partial charge in [-0.25, -0.2) is 0 Å². The van der Waals surface area contributed by atoms with Gasteiger partial charge >= 0.3 is 0 Å². The van der Waals surface area contributed by atoms with E-state index in [1.807, 2.05) is 18.7 Å². The van der Waals surface area contributed by atoms with Crippen molar-refractivity contribution in [2.75, 3.05) is 25.0 Å². The van der Waals surface area contributed by atoms with E-state index in [0.717, 1.165) is 24.6 Å². The number of aryl methyl sites for hydroxylation is 2. The Morgan fingerprint density at radius 2 is 2.20 bits per heavy atom. The summed E-state index contributed by atoms with van der Waals surface area (Å²) in [5, 5.41) is 10.7. The van der Waals surface area contributed by atoms with Crippen molar-refractivity contribution in [3.05, 3.63) is 11.3 Å². The Kier molecular flexibility index (Phi) is 4.65. The smallest absolute Gasteiger partial charge is 0.239 e. The number of aromatic nitrogens is 2. The molecule has 2 N–H and O–H groups in total. The van der Waals surface area contributed by atoms with Crippen LogP contribution in [0.15, 0.2) is 0 Å². The van der Waals surface area contributed by atoms with Crippen LogP contribution in [-0.2, 0) is 18.4 Å². The average Bonchev–Trinajstić information content (AvgIpc) is 3.20. The van der Waals surface area contributed by atoms with Gasteiger partial charge in [-0.1, -0.05) is 0 Å². The van der Waals surface area contributed by atoms with Gasteiger partial charge in [0.25, 0.3) is 0 Å². The maximum Gasteiger partial charge on any atom is 0.239 e. The van der Waals surface area contributed by atoms with E-state index < -0.39 is 0 Å². The normalized spacial score (nSPS) is 14.4. The van der Waals surface area contributed by atoms with Crippen molar-refractivity contribution < 1.29 is 4.79 Å². The lowest BCUT2D eigenvalue weighted by Crippen LogP contribution is -2.37. The molecule has 112 valence electrons. The van der Waals surface area contributed by atoms with Gasteiger partial charge < -0.3 is 15.5 Å². The highest BCUT2D eigenvalue weighted by Gasteiger charge is 2.24. The summed E-state index contributed by atoms with van der Waals surface area (Å²) < 4.78 is 1.88. The number of carbonyl (C=O) groups excluding carboxylic acids is 1. The van der Waals surface area contributed by atoms with E-state index in [9.17, 15) is 4.79 Å². The zero-order chi connectivity index (χ0) is 14.7. The van der Waals surface area contributed by atoms with Gasteiger partial charge in [0.1, 0.15) is 5.82 Å². The van der Waals surface area contributed by atoms with E-state index in [-0.39, 0.29) is 5.91 Å². The minimum absolute atomic E-state index is 0.0202. The van der Waals surface area contributed by atoms with Crippen LogP contribution in [0.25, 0.3) is 0 Å². The van der Waals surface area contributed by atoms with Gasteiger partial charge in [-0.3, -0.25) is 9.48 Å². The monoisotopic (exact) mass is 279 g/mol. The quantitative estimate of drug-likeness (QED) is 0.765. The fourth-order valence-corrected chi connectivity index (χ4v) is 2.42. The maximum absolute atomic E-state index is 11.7. The summed E-state index contributed by atoms with van der Waals surface area (Å²) >= 11 is 0. The highest BCUT2D eigenvalue weighted by Crippen LogP contribution is 2.25. The van der Waals surface area contributed by atoms with Gasteiger partial charge in [-0.2, -0.15) is 5.10 Å². The third-order valence-corrected chi connectivity index (χ3v) is 3.75. The number of nitrogens with zero attached hydrogens (tertiary/aromatic N) is 3. The molecule has 1 fully saturated rings. The molecule has 0 aromatic carbocycles. The van der Waals surface area contributed by atoms with Crippen LogP contribution in [-0.4, -0.2) is 41.9 Å². The van der Waals surface area contributed by atoms with Crippen molar-refractivity contribution in [1.82, 2.24) is 20.4 Å². The molecular formula is C14H25N5O. The third-order valence-electron chi connectivity index (χ3n) is 3.75. The second-order valence-electron chi connectivity index (χ2n) is 5.35. The molecule has 1 aliphatic rings. The first-order valence-electron chi connectivity index (χ1n) is 7.28. The Labute approximate surface area is 120 Å². The molecule has 6 heteroatoms. The van der Waals surface area contributed by atoms with Crippen LogP contribution in [0.1, 0.15) is 31.0 Å². The Balaban J connectivity index is 2.19. The van der Waals surface area contributed by atoms with Crippen molar-refractivity contribution >= 4 is 11.7 Å². The van der Waals surface area contributed by atoms with Crippen LogP contribution in [0, 0.1) is 6.92 Å². The van der Waals surface area contributed by atoms with Crippen LogP contribution in [0.3, 0.4) is 0 Å². The number of hydrogen-bond acceptors (Lipinski definition) is 4. The van der Waals surface area contributed by atoms with E-state index in [1.54, 1.807) is 7.05 Å². The Bertz CT molecular complexity index is 478. The molecule has 1 heterocycles. The first-order chi connectivity index (χ1) is 9.56. The predicted molar refractivity (Wildman–Crippen MR) is 79.8 cm³/mol. The first-order valence-corrected chi connectivity index (χ1v) is 7.28. The lowest BCUT2D eigenvalue weighted by molar-refractivity contribution is -0.119. The summed E-state index contributed by atoms with van der Waals surface area (Å²) in [5.74, 6) is 1.06. The Hall–Kier alpha value is -1.56. The van der Waals surface area contributed by atoms with Gasteiger partial charge in [0.05, 0.1) is 12.2 Å². The highest BCUT2D eigenvalue weighted by atomic mass is 16.1.